The van der Waals surface area contributed by atoms with Crippen LogP contribution in [0.1, 0.15) is 22.3 Å². The summed E-state index contributed by atoms with van der Waals surface area (Å²) in [6.45, 7) is 4.19. The molecule has 3 aromatic rings. The van der Waals surface area contributed by atoms with Gasteiger partial charge in [0.15, 0.2) is 0 Å². The Labute approximate surface area is 181 Å². The van der Waals surface area contributed by atoms with Gasteiger partial charge in [0.05, 0.1) is 19.2 Å². The number of aromatic nitrogens is 1. The number of nitrogens with one attached hydrogen (secondary N) is 1. The van der Waals surface area contributed by atoms with Crippen LogP contribution in [0.3, 0.4) is 0 Å². The van der Waals surface area contributed by atoms with Gasteiger partial charge in [-0.1, -0.05) is 24.3 Å². The molecule has 0 bridgehead atoms. The highest BCUT2D eigenvalue weighted by molar-refractivity contribution is 6.36. The zero-order chi connectivity index (χ0) is 22.0. The Morgan fingerprint density at radius 3 is 2.39 bits per heavy atom. The molecule has 0 saturated carbocycles. The average molecular weight is 413 g/mol. The molecule has 2 aromatic carbocycles. The van der Waals surface area contributed by atoms with Gasteiger partial charge in [-0.15, -0.1) is 0 Å². The quantitative estimate of drug-likeness (QED) is 0.616. The van der Waals surface area contributed by atoms with Crippen molar-refractivity contribution in [3.8, 4) is 5.75 Å². The van der Waals surface area contributed by atoms with Crippen LogP contribution in [0.2, 0.25) is 0 Å². The minimum atomic E-state index is -0.363. The van der Waals surface area contributed by atoms with E-state index in [1.54, 1.807) is 49.8 Å². The van der Waals surface area contributed by atoms with Crippen LogP contribution < -0.4 is 10.1 Å². The summed E-state index contributed by atoms with van der Waals surface area (Å²) in [6, 6.07) is 16.6. The summed E-state index contributed by atoms with van der Waals surface area (Å²) in [5, 5.41) is 3.20. The molecular formula is C25H23N3O3. The number of benzene rings is 2. The molecule has 0 fully saturated rings. The first-order valence-corrected chi connectivity index (χ1v) is 9.96. The van der Waals surface area contributed by atoms with Crippen LogP contribution in [0, 0.1) is 13.8 Å². The molecule has 6 heteroatoms. The second-order valence-corrected chi connectivity index (χ2v) is 7.46. The molecule has 1 N–H and O–H groups in total. The van der Waals surface area contributed by atoms with Crippen molar-refractivity contribution in [1.82, 2.24) is 9.88 Å². The topological polar surface area (TPSA) is 71.5 Å². The Bertz CT molecular complexity index is 1170. The smallest absolute Gasteiger partial charge is 0.278 e. The van der Waals surface area contributed by atoms with Crippen LogP contribution >= 0.6 is 0 Å². The van der Waals surface area contributed by atoms with Gasteiger partial charge in [-0.25, -0.2) is 0 Å². The van der Waals surface area contributed by atoms with Crippen molar-refractivity contribution in [3.05, 3.63) is 94.9 Å². The number of rotatable bonds is 6. The number of imide groups is 1. The molecule has 6 nitrogen and oxygen atoms in total. The predicted molar refractivity (Wildman–Crippen MR) is 119 cm³/mol. The molecular weight excluding hydrogens is 390 g/mol. The number of methoxy groups -OCH3 is 1. The number of pyridine rings is 1. The fraction of sp³-hybridized carbons (Fsp3) is 0.160. The molecule has 2 heterocycles. The molecule has 31 heavy (non-hydrogen) atoms. The summed E-state index contributed by atoms with van der Waals surface area (Å²) in [5.41, 5.74) is 5.05. The van der Waals surface area contributed by atoms with E-state index >= 15 is 0 Å². The van der Waals surface area contributed by atoms with E-state index in [9.17, 15) is 9.59 Å². The highest BCUT2D eigenvalue weighted by atomic mass is 16.5. The van der Waals surface area contributed by atoms with Crippen LogP contribution in [-0.2, 0) is 16.1 Å². The molecule has 0 atom stereocenters. The number of amides is 2. The molecule has 0 radical (unpaired) electrons. The maximum atomic E-state index is 13.4. The second-order valence-electron chi connectivity index (χ2n) is 7.46. The molecule has 0 saturated heterocycles. The Balaban J connectivity index is 1.75. The van der Waals surface area contributed by atoms with Gasteiger partial charge in [0.1, 0.15) is 11.4 Å². The lowest BCUT2D eigenvalue weighted by atomic mass is 10.0. The highest BCUT2D eigenvalue weighted by Gasteiger charge is 2.39. The lowest BCUT2D eigenvalue weighted by molar-refractivity contribution is -0.137. The number of hydrogen-bond acceptors (Lipinski definition) is 5. The fourth-order valence-electron chi connectivity index (χ4n) is 3.50. The van der Waals surface area contributed by atoms with E-state index in [-0.39, 0.29) is 24.1 Å². The average Bonchev–Trinajstić information content (AvgIpc) is 3.01. The molecule has 1 aliphatic heterocycles. The van der Waals surface area contributed by atoms with Crippen molar-refractivity contribution in [2.45, 2.75) is 20.4 Å². The van der Waals surface area contributed by atoms with E-state index in [4.69, 9.17) is 4.74 Å². The van der Waals surface area contributed by atoms with Crippen molar-refractivity contribution in [2.75, 3.05) is 12.4 Å². The number of ether oxygens (including phenoxy) is 1. The number of carbonyl (C=O) groups is 2. The summed E-state index contributed by atoms with van der Waals surface area (Å²) in [5.74, 6) is -0.0275. The molecule has 1 aliphatic rings. The van der Waals surface area contributed by atoms with Gasteiger partial charge in [0.2, 0.25) is 0 Å². The van der Waals surface area contributed by atoms with Gasteiger partial charge < -0.3 is 10.1 Å². The van der Waals surface area contributed by atoms with Gasteiger partial charge in [-0.3, -0.25) is 19.5 Å². The number of carbonyl (C=O) groups excluding carboxylic acids is 2. The number of aryl methyl sites for hydroxylation is 2. The van der Waals surface area contributed by atoms with Gasteiger partial charge in [-0.2, -0.15) is 0 Å². The van der Waals surface area contributed by atoms with Gasteiger partial charge in [0, 0.05) is 18.1 Å². The first-order chi connectivity index (χ1) is 15.0. The van der Waals surface area contributed by atoms with Crippen molar-refractivity contribution >= 4 is 23.1 Å². The minimum Gasteiger partial charge on any atom is -0.497 e. The summed E-state index contributed by atoms with van der Waals surface area (Å²) in [6.07, 6.45) is 3.31. The van der Waals surface area contributed by atoms with Crippen LogP contribution in [0.4, 0.5) is 5.69 Å². The van der Waals surface area contributed by atoms with Crippen LogP contribution in [-0.4, -0.2) is 28.8 Å². The minimum absolute atomic E-state index is 0.156. The molecule has 0 unspecified atom stereocenters. The largest absolute Gasteiger partial charge is 0.497 e. The third kappa shape index (κ3) is 4.05. The second kappa shape index (κ2) is 8.44. The van der Waals surface area contributed by atoms with Crippen LogP contribution in [0.25, 0.3) is 5.57 Å². The maximum Gasteiger partial charge on any atom is 0.278 e. The lowest BCUT2D eigenvalue weighted by Crippen LogP contribution is -2.32. The van der Waals surface area contributed by atoms with E-state index in [0.717, 1.165) is 22.4 Å². The Morgan fingerprint density at radius 2 is 1.74 bits per heavy atom. The lowest BCUT2D eigenvalue weighted by Gasteiger charge is -2.15. The third-order valence-corrected chi connectivity index (χ3v) is 5.39. The molecule has 4 rings (SSSR count). The standard InChI is InChI=1S/C25H23N3O3/c1-16-6-9-20(13-17(16)2)27-23-22(19-7-10-21(31-3)11-8-19)24(29)28(25(23)30)15-18-5-4-12-26-14-18/h4-14,27H,15H2,1-3H3. The monoisotopic (exact) mass is 413 g/mol. The number of anilines is 1. The first-order valence-electron chi connectivity index (χ1n) is 9.96. The molecule has 0 aliphatic carbocycles. The van der Waals surface area contributed by atoms with Crippen molar-refractivity contribution in [1.29, 1.82) is 0 Å². The summed E-state index contributed by atoms with van der Waals surface area (Å²) < 4.78 is 5.23. The zero-order valence-corrected chi connectivity index (χ0v) is 17.7. The molecule has 2 amide bonds. The summed E-state index contributed by atoms with van der Waals surface area (Å²) >= 11 is 0. The van der Waals surface area contributed by atoms with E-state index in [1.807, 2.05) is 38.1 Å². The van der Waals surface area contributed by atoms with Crippen LogP contribution in [0.15, 0.2) is 72.7 Å². The number of hydrogen-bond donors (Lipinski definition) is 1. The zero-order valence-electron chi connectivity index (χ0n) is 17.7. The van der Waals surface area contributed by atoms with Gasteiger partial charge in [0.25, 0.3) is 11.8 Å². The van der Waals surface area contributed by atoms with E-state index < -0.39 is 0 Å². The van der Waals surface area contributed by atoms with Crippen molar-refractivity contribution in [3.63, 3.8) is 0 Å². The summed E-state index contributed by atoms with van der Waals surface area (Å²) in [7, 11) is 1.58. The van der Waals surface area contributed by atoms with Gasteiger partial charge in [-0.05, 0) is 66.4 Å². The van der Waals surface area contributed by atoms with E-state index in [2.05, 4.69) is 10.3 Å². The highest BCUT2D eigenvalue weighted by Crippen LogP contribution is 2.32. The molecule has 156 valence electrons. The maximum absolute atomic E-state index is 13.4. The van der Waals surface area contributed by atoms with E-state index in [1.165, 1.54) is 4.90 Å². The number of nitrogens with zero attached hydrogens (tertiary/aromatic N) is 2. The van der Waals surface area contributed by atoms with Gasteiger partial charge >= 0.3 is 0 Å². The fourth-order valence-corrected chi connectivity index (χ4v) is 3.50. The van der Waals surface area contributed by atoms with Crippen molar-refractivity contribution in [2.24, 2.45) is 0 Å². The summed E-state index contributed by atoms with van der Waals surface area (Å²) in [4.78, 5) is 32.0. The Hall–Kier alpha value is -3.93. The normalized spacial score (nSPS) is 13.7. The molecule has 1 aromatic heterocycles. The molecule has 0 spiro atoms. The third-order valence-electron chi connectivity index (χ3n) is 5.39. The Kier molecular flexibility index (Phi) is 5.54. The predicted octanol–water partition coefficient (Wildman–Crippen LogP) is 4.10. The van der Waals surface area contributed by atoms with Crippen molar-refractivity contribution < 1.29 is 14.3 Å². The van der Waals surface area contributed by atoms with Crippen LogP contribution in [0.5, 0.6) is 5.75 Å². The first kappa shape index (κ1) is 20.3. The SMILES string of the molecule is COc1ccc(C2=C(Nc3ccc(C)c(C)c3)C(=O)N(Cc3cccnc3)C2=O)cc1. The Morgan fingerprint density at radius 1 is 0.968 bits per heavy atom. The van der Waals surface area contributed by atoms with E-state index in [0.29, 0.717) is 16.9 Å².